The molecule has 0 aromatic carbocycles. The first-order valence-corrected chi connectivity index (χ1v) is 7.98. The summed E-state index contributed by atoms with van der Waals surface area (Å²) in [6.45, 7) is 10.4. The maximum absolute atomic E-state index is 11.4. The summed E-state index contributed by atoms with van der Waals surface area (Å²) >= 11 is 0. The van der Waals surface area contributed by atoms with Gasteiger partial charge in [0.1, 0.15) is 0 Å². The molecule has 0 unspecified atom stereocenters. The van der Waals surface area contributed by atoms with E-state index in [0.29, 0.717) is 39.5 Å². The van der Waals surface area contributed by atoms with E-state index in [4.69, 9.17) is 9.47 Å². The van der Waals surface area contributed by atoms with Crippen LogP contribution in [0.2, 0.25) is 0 Å². The summed E-state index contributed by atoms with van der Waals surface area (Å²) in [6.07, 6.45) is 0.865. The Morgan fingerprint density at radius 1 is 1.09 bits per heavy atom. The number of methoxy groups -OCH3 is 1. The molecule has 3 N–H and O–H groups in total. The van der Waals surface area contributed by atoms with E-state index in [1.54, 1.807) is 7.11 Å². The van der Waals surface area contributed by atoms with Crippen LogP contribution in [0.15, 0.2) is 4.99 Å². The number of nitrogens with one attached hydrogen (secondary N) is 3. The molecule has 0 rings (SSSR count). The molecule has 23 heavy (non-hydrogen) atoms. The minimum absolute atomic E-state index is 0. The summed E-state index contributed by atoms with van der Waals surface area (Å²) in [5, 5.41) is 9.22. The Kier molecular flexibility index (Phi) is 19.0. The fourth-order valence-electron chi connectivity index (χ4n) is 1.51. The smallest absolute Gasteiger partial charge is 0.222 e. The van der Waals surface area contributed by atoms with Crippen LogP contribution < -0.4 is 16.0 Å². The van der Waals surface area contributed by atoms with Gasteiger partial charge in [0.25, 0.3) is 0 Å². The topological polar surface area (TPSA) is 84.0 Å². The second kappa shape index (κ2) is 17.7. The van der Waals surface area contributed by atoms with E-state index < -0.39 is 0 Å². The van der Waals surface area contributed by atoms with Gasteiger partial charge in [-0.1, -0.05) is 13.8 Å². The van der Waals surface area contributed by atoms with Crippen LogP contribution in [0.3, 0.4) is 0 Å². The van der Waals surface area contributed by atoms with Crippen molar-refractivity contribution >= 4 is 35.8 Å². The minimum atomic E-state index is 0. The number of ether oxygens (including phenoxy) is 2. The van der Waals surface area contributed by atoms with Gasteiger partial charge in [-0.15, -0.1) is 24.0 Å². The van der Waals surface area contributed by atoms with Crippen molar-refractivity contribution in [2.75, 3.05) is 53.1 Å². The molecule has 1 amide bonds. The number of nitrogens with zero attached hydrogens (tertiary/aromatic N) is 1. The van der Waals surface area contributed by atoms with Crippen molar-refractivity contribution in [1.82, 2.24) is 16.0 Å². The lowest BCUT2D eigenvalue weighted by Gasteiger charge is -2.12. The standard InChI is InChI=1S/C15H32N4O3.HI/c1-5-16-15(18-7-6-10-22-12-11-21-4)19-9-8-17-14(20)13(2)3;/h13H,5-12H2,1-4H3,(H,17,20)(H2,16,18,19);1H. The van der Waals surface area contributed by atoms with E-state index in [0.717, 1.165) is 18.9 Å². The molecule has 0 radical (unpaired) electrons. The molecule has 138 valence electrons. The number of hydrogen-bond donors (Lipinski definition) is 3. The lowest BCUT2D eigenvalue weighted by molar-refractivity contribution is -0.123. The molecule has 0 aromatic heterocycles. The van der Waals surface area contributed by atoms with Crippen LogP contribution >= 0.6 is 24.0 Å². The summed E-state index contributed by atoms with van der Waals surface area (Å²) in [4.78, 5) is 15.9. The van der Waals surface area contributed by atoms with Crippen LogP contribution in [0.1, 0.15) is 27.2 Å². The minimum Gasteiger partial charge on any atom is -0.382 e. The molecule has 0 aromatic rings. The molecular weight excluding hydrogens is 411 g/mol. The highest BCUT2D eigenvalue weighted by Gasteiger charge is 2.05. The maximum atomic E-state index is 11.4. The van der Waals surface area contributed by atoms with Crippen LogP contribution in [-0.2, 0) is 14.3 Å². The number of halogens is 1. The van der Waals surface area contributed by atoms with E-state index in [1.165, 1.54) is 0 Å². The highest BCUT2D eigenvalue weighted by Crippen LogP contribution is 1.89. The first kappa shape index (κ1) is 24.6. The summed E-state index contributed by atoms with van der Waals surface area (Å²) in [5.41, 5.74) is 0. The normalized spacial score (nSPS) is 11.1. The van der Waals surface area contributed by atoms with Gasteiger partial charge in [-0.25, -0.2) is 0 Å². The van der Waals surface area contributed by atoms with Gasteiger partial charge >= 0.3 is 0 Å². The van der Waals surface area contributed by atoms with E-state index in [9.17, 15) is 4.79 Å². The van der Waals surface area contributed by atoms with Gasteiger partial charge in [-0.05, 0) is 13.3 Å². The monoisotopic (exact) mass is 444 g/mol. The van der Waals surface area contributed by atoms with Gasteiger partial charge in [0.2, 0.25) is 5.91 Å². The Bertz CT molecular complexity index is 315. The third-order valence-corrected chi connectivity index (χ3v) is 2.73. The quantitative estimate of drug-likeness (QED) is 0.181. The van der Waals surface area contributed by atoms with Crippen molar-refractivity contribution in [3.63, 3.8) is 0 Å². The largest absolute Gasteiger partial charge is 0.382 e. The molecule has 0 atom stereocenters. The number of amides is 1. The summed E-state index contributed by atoms with van der Waals surface area (Å²) in [5.74, 6) is 0.843. The lowest BCUT2D eigenvalue weighted by Crippen LogP contribution is -2.42. The molecule has 7 nitrogen and oxygen atoms in total. The van der Waals surface area contributed by atoms with Crippen molar-refractivity contribution < 1.29 is 14.3 Å². The second-order valence-corrected chi connectivity index (χ2v) is 5.09. The second-order valence-electron chi connectivity index (χ2n) is 5.09. The average Bonchev–Trinajstić information content (AvgIpc) is 2.50. The van der Waals surface area contributed by atoms with E-state index in [-0.39, 0.29) is 35.8 Å². The van der Waals surface area contributed by atoms with Gasteiger partial charge in [-0.2, -0.15) is 0 Å². The SMILES string of the molecule is CCNC(=NCCCOCCOC)NCCNC(=O)C(C)C.I. The Morgan fingerprint density at radius 2 is 1.78 bits per heavy atom. The Morgan fingerprint density at radius 3 is 2.39 bits per heavy atom. The number of rotatable bonds is 12. The zero-order valence-corrected chi connectivity index (χ0v) is 17.1. The zero-order valence-electron chi connectivity index (χ0n) is 14.8. The van der Waals surface area contributed by atoms with Crippen molar-refractivity contribution in [2.24, 2.45) is 10.9 Å². The van der Waals surface area contributed by atoms with Gasteiger partial charge in [0.15, 0.2) is 5.96 Å². The molecule has 0 saturated heterocycles. The van der Waals surface area contributed by atoms with Crippen LogP contribution in [0.4, 0.5) is 0 Å². The Hall–Kier alpha value is -0.610. The van der Waals surface area contributed by atoms with E-state index in [2.05, 4.69) is 20.9 Å². The Labute approximate surface area is 157 Å². The maximum Gasteiger partial charge on any atom is 0.222 e. The van der Waals surface area contributed by atoms with Gasteiger partial charge in [0.05, 0.1) is 13.2 Å². The lowest BCUT2D eigenvalue weighted by atomic mass is 10.2. The van der Waals surface area contributed by atoms with E-state index in [1.807, 2.05) is 20.8 Å². The fourth-order valence-corrected chi connectivity index (χ4v) is 1.51. The fraction of sp³-hybridized carbons (Fsp3) is 0.867. The Balaban J connectivity index is 0. The van der Waals surface area contributed by atoms with Gasteiger partial charge in [0, 0.05) is 45.8 Å². The highest BCUT2D eigenvalue weighted by molar-refractivity contribution is 14.0. The molecule has 0 spiro atoms. The van der Waals surface area contributed by atoms with Crippen LogP contribution in [0.25, 0.3) is 0 Å². The van der Waals surface area contributed by atoms with Crippen LogP contribution in [-0.4, -0.2) is 65.0 Å². The molecular formula is C15H33IN4O3. The summed E-state index contributed by atoms with van der Waals surface area (Å²) in [6, 6.07) is 0. The third kappa shape index (κ3) is 16.0. The van der Waals surface area contributed by atoms with Crippen LogP contribution in [0.5, 0.6) is 0 Å². The van der Waals surface area contributed by atoms with Crippen molar-refractivity contribution in [3.8, 4) is 0 Å². The summed E-state index contributed by atoms with van der Waals surface area (Å²) in [7, 11) is 1.66. The number of carbonyl (C=O) groups excluding carboxylic acids is 1. The zero-order chi connectivity index (χ0) is 16.6. The summed E-state index contributed by atoms with van der Waals surface area (Å²) < 4.78 is 10.3. The average molecular weight is 444 g/mol. The van der Waals surface area contributed by atoms with Crippen molar-refractivity contribution in [3.05, 3.63) is 0 Å². The number of aliphatic imine (C=N–C) groups is 1. The first-order valence-electron chi connectivity index (χ1n) is 7.98. The number of hydrogen-bond acceptors (Lipinski definition) is 4. The van der Waals surface area contributed by atoms with Gasteiger partial charge in [-0.3, -0.25) is 9.79 Å². The molecule has 0 aliphatic carbocycles. The predicted octanol–water partition coefficient (Wildman–Crippen LogP) is 0.985. The van der Waals surface area contributed by atoms with E-state index >= 15 is 0 Å². The molecule has 0 fully saturated rings. The van der Waals surface area contributed by atoms with Gasteiger partial charge < -0.3 is 25.4 Å². The molecule has 0 heterocycles. The molecule has 8 heteroatoms. The molecule has 0 aliphatic heterocycles. The van der Waals surface area contributed by atoms with Crippen molar-refractivity contribution in [2.45, 2.75) is 27.2 Å². The third-order valence-electron chi connectivity index (χ3n) is 2.73. The molecule has 0 bridgehead atoms. The number of guanidine groups is 1. The highest BCUT2D eigenvalue weighted by atomic mass is 127. The first-order chi connectivity index (χ1) is 10.6. The molecule has 0 aliphatic rings. The predicted molar refractivity (Wildman–Crippen MR) is 105 cm³/mol. The molecule has 0 saturated carbocycles. The van der Waals surface area contributed by atoms with Crippen molar-refractivity contribution in [1.29, 1.82) is 0 Å². The van der Waals surface area contributed by atoms with Crippen LogP contribution in [0, 0.1) is 5.92 Å². The number of carbonyl (C=O) groups is 1.